The van der Waals surface area contributed by atoms with Crippen molar-refractivity contribution >= 4 is 5.69 Å². The number of rotatable bonds is 6. The van der Waals surface area contributed by atoms with Gasteiger partial charge >= 0.3 is 0 Å². The van der Waals surface area contributed by atoms with Gasteiger partial charge in [0.25, 0.3) is 0 Å². The number of methoxy groups -OCH3 is 1. The summed E-state index contributed by atoms with van der Waals surface area (Å²) in [5.74, 6) is 0. The highest BCUT2D eigenvalue weighted by atomic mass is 16.5. The van der Waals surface area contributed by atoms with Crippen LogP contribution in [0.1, 0.15) is 29.7 Å². The normalized spacial score (nSPS) is 11.7. The molecule has 1 atom stereocenters. The number of nitrogens with zero attached hydrogens (tertiary/aromatic N) is 1. The molecule has 1 unspecified atom stereocenters. The zero-order valence-electron chi connectivity index (χ0n) is 12.5. The Kier molecular flexibility index (Phi) is 5.36. The Bertz CT molecular complexity index is 614. The lowest BCUT2D eigenvalue weighted by Crippen LogP contribution is -2.09. The monoisotopic (exact) mass is 280 g/mol. The summed E-state index contributed by atoms with van der Waals surface area (Å²) in [6, 6.07) is 18.3. The number of hydrogen-bond acceptors (Lipinski definition) is 3. The van der Waals surface area contributed by atoms with E-state index in [2.05, 4.69) is 30.4 Å². The van der Waals surface area contributed by atoms with E-state index in [1.807, 2.05) is 36.4 Å². The van der Waals surface area contributed by atoms with E-state index in [1.165, 1.54) is 5.56 Å². The summed E-state index contributed by atoms with van der Waals surface area (Å²) >= 11 is 0. The number of benzene rings is 2. The van der Waals surface area contributed by atoms with Gasteiger partial charge in [0.05, 0.1) is 18.2 Å². The van der Waals surface area contributed by atoms with E-state index in [0.717, 1.165) is 17.7 Å². The first-order chi connectivity index (χ1) is 10.2. The largest absolute Gasteiger partial charge is 0.384 e. The minimum absolute atomic E-state index is 0.182. The quantitative estimate of drug-likeness (QED) is 0.872. The topological polar surface area (TPSA) is 45.0 Å². The predicted molar refractivity (Wildman–Crippen MR) is 85.2 cm³/mol. The van der Waals surface area contributed by atoms with Gasteiger partial charge in [-0.1, -0.05) is 30.3 Å². The summed E-state index contributed by atoms with van der Waals surface area (Å²) in [7, 11) is 1.72. The Balaban J connectivity index is 2.11. The Morgan fingerprint density at radius 3 is 2.52 bits per heavy atom. The van der Waals surface area contributed by atoms with Crippen molar-refractivity contribution in [3.8, 4) is 6.07 Å². The molecule has 3 nitrogen and oxygen atoms in total. The first-order valence-corrected chi connectivity index (χ1v) is 7.08. The highest BCUT2D eigenvalue weighted by Crippen LogP contribution is 2.23. The van der Waals surface area contributed by atoms with Crippen LogP contribution in [0.4, 0.5) is 5.69 Å². The molecule has 0 bridgehead atoms. The van der Waals surface area contributed by atoms with Crippen LogP contribution in [0, 0.1) is 11.3 Å². The number of ether oxygens (including phenoxy) is 1. The molecule has 3 heteroatoms. The lowest BCUT2D eigenvalue weighted by Gasteiger charge is -2.18. The maximum Gasteiger partial charge on any atom is 0.0991 e. The van der Waals surface area contributed by atoms with Gasteiger partial charge in [-0.15, -0.1) is 0 Å². The third kappa shape index (κ3) is 4.08. The minimum Gasteiger partial charge on any atom is -0.384 e. The number of nitriles is 1. The SMILES string of the molecule is COCCc1ccccc1NC(C)c1ccc(C#N)cc1. The lowest BCUT2D eigenvalue weighted by molar-refractivity contribution is 0.202. The van der Waals surface area contributed by atoms with E-state index < -0.39 is 0 Å². The van der Waals surface area contributed by atoms with Gasteiger partial charge in [0.1, 0.15) is 0 Å². The summed E-state index contributed by atoms with van der Waals surface area (Å²) < 4.78 is 5.16. The van der Waals surface area contributed by atoms with Crippen LogP contribution in [0.15, 0.2) is 48.5 Å². The molecular formula is C18H20N2O. The molecule has 0 heterocycles. The maximum atomic E-state index is 8.84. The minimum atomic E-state index is 0.182. The van der Waals surface area contributed by atoms with Crippen LogP contribution in [-0.2, 0) is 11.2 Å². The van der Waals surface area contributed by atoms with E-state index in [-0.39, 0.29) is 6.04 Å². The van der Waals surface area contributed by atoms with Gasteiger partial charge < -0.3 is 10.1 Å². The lowest BCUT2D eigenvalue weighted by atomic mass is 10.0. The standard InChI is InChI=1S/C18H20N2O/c1-14(16-9-7-15(13-19)8-10-16)20-18-6-4-3-5-17(18)11-12-21-2/h3-10,14,20H,11-12H2,1-2H3. The van der Waals surface area contributed by atoms with Gasteiger partial charge in [-0.05, 0) is 42.7 Å². The van der Waals surface area contributed by atoms with Crippen LogP contribution < -0.4 is 5.32 Å². The number of anilines is 1. The molecular weight excluding hydrogens is 260 g/mol. The van der Waals surface area contributed by atoms with Crippen LogP contribution in [-0.4, -0.2) is 13.7 Å². The number of hydrogen-bond donors (Lipinski definition) is 1. The van der Waals surface area contributed by atoms with Crippen molar-refractivity contribution in [1.82, 2.24) is 0 Å². The first kappa shape index (κ1) is 15.1. The van der Waals surface area contributed by atoms with E-state index >= 15 is 0 Å². The van der Waals surface area contributed by atoms with Crippen molar-refractivity contribution in [2.24, 2.45) is 0 Å². The van der Waals surface area contributed by atoms with Gasteiger partial charge in [0.15, 0.2) is 0 Å². The second kappa shape index (κ2) is 7.47. The van der Waals surface area contributed by atoms with Crippen LogP contribution in [0.25, 0.3) is 0 Å². The summed E-state index contributed by atoms with van der Waals surface area (Å²) in [6.07, 6.45) is 0.889. The zero-order chi connectivity index (χ0) is 15.1. The maximum absolute atomic E-state index is 8.84. The van der Waals surface area contributed by atoms with E-state index in [0.29, 0.717) is 12.2 Å². The van der Waals surface area contributed by atoms with E-state index in [1.54, 1.807) is 7.11 Å². The molecule has 0 spiro atoms. The fourth-order valence-corrected chi connectivity index (χ4v) is 2.25. The third-order valence-corrected chi connectivity index (χ3v) is 3.50. The highest BCUT2D eigenvalue weighted by molar-refractivity contribution is 5.53. The van der Waals surface area contributed by atoms with Gasteiger partial charge in [-0.25, -0.2) is 0 Å². The van der Waals surface area contributed by atoms with Gasteiger partial charge in [0, 0.05) is 18.8 Å². The van der Waals surface area contributed by atoms with Crippen LogP contribution in [0.5, 0.6) is 0 Å². The molecule has 21 heavy (non-hydrogen) atoms. The molecule has 0 aromatic heterocycles. The van der Waals surface area contributed by atoms with Gasteiger partial charge in [-0.3, -0.25) is 0 Å². The molecule has 108 valence electrons. The average Bonchev–Trinajstić information content (AvgIpc) is 2.54. The Morgan fingerprint density at radius 1 is 1.14 bits per heavy atom. The first-order valence-electron chi connectivity index (χ1n) is 7.08. The predicted octanol–water partition coefficient (Wildman–Crippen LogP) is 3.92. The second-order valence-electron chi connectivity index (χ2n) is 5.00. The summed E-state index contributed by atoms with van der Waals surface area (Å²) in [6.45, 7) is 2.83. The Labute approximate surface area is 126 Å². The molecule has 0 aliphatic rings. The van der Waals surface area contributed by atoms with Crippen molar-refractivity contribution in [2.75, 3.05) is 19.0 Å². The summed E-state index contributed by atoms with van der Waals surface area (Å²) in [5.41, 5.74) is 4.23. The van der Waals surface area contributed by atoms with Crippen LogP contribution in [0.3, 0.4) is 0 Å². The Hall–Kier alpha value is -2.31. The fourth-order valence-electron chi connectivity index (χ4n) is 2.25. The van der Waals surface area contributed by atoms with Crippen molar-refractivity contribution < 1.29 is 4.74 Å². The number of para-hydroxylation sites is 1. The van der Waals surface area contributed by atoms with Crippen molar-refractivity contribution in [2.45, 2.75) is 19.4 Å². The molecule has 2 rings (SSSR count). The molecule has 0 fully saturated rings. The smallest absolute Gasteiger partial charge is 0.0991 e. The molecule has 0 saturated heterocycles. The second-order valence-corrected chi connectivity index (χ2v) is 5.00. The summed E-state index contributed by atoms with van der Waals surface area (Å²) in [5, 5.41) is 12.4. The molecule has 2 aromatic carbocycles. The van der Waals surface area contributed by atoms with E-state index in [4.69, 9.17) is 10.00 Å². The Morgan fingerprint density at radius 2 is 1.86 bits per heavy atom. The van der Waals surface area contributed by atoms with Gasteiger partial charge in [-0.2, -0.15) is 5.26 Å². The molecule has 0 radical (unpaired) electrons. The molecule has 0 amide bonds. The molecule has 0 aliphatic carbocycles. The highest BCUT2D eigenvalue weighted by Gasteiger charge is 2.08. The van der Waals surface area contributed by atoms with Crippen molar-refractivity contribution in [3.63, 3.8) is 0 Å². The van der Waals surface area contributed by atoms with Crippen molar-refractivity contribution in [1.29, 1.82) is 5.26 Å². The van der Waals surface area contributed by atoms with Gasteiger partial charge in [0.2, 0.25) is 0 Å². The van der Waals surface area contributed by atoms with Crippen LogP contribution >= 0.6 is 0 Å². The van der Waals surface area contributed by atoms with Crippen LogP contribution in [0.2, 0.25) is 0 Å². The molecule has 0 aliphatic heterocycles. The van der Waals surface area contributed by atoms with Crippen molar-refractivity contribution in [3.05, 3.63) is 65.2 Å². The molecule has 0 saturated carbocycles. The van der Waals surface area contributed by atoms with E-state index in [9.17, 15) is 0 Å². The fraction of sp³-hybridized carbons (Fsp3) is 0.278. The molecule has 1 N–H and O–H groups in total. The average molecular weight is 280 g/mol. The zero-order valence-corrected chi connectivity index (χ0v) is 12.5. The third-order valence-electron chi connectivity index (χ3n) is 3.50. The number of nitrogens with one attached hydrogen (secondary N) is 1. The summed E-state index contributed by atoms with van der Waals surface area (Å²) in [4.78, 5) is 0. The molecule has 2 aromatic rings.